The minimum absolute atomic E-state index is 0.228. The standard InChI is InChI=1S/C10H13N5O3/c11-9-5-2-14-15(10(5)13-4-12-9)8-1-6(17)7(3-16)18-8/h2,4,6-8,16-17H,1,3H2,(H2,11,12,13). The van der Waals surface area contributed by atoms with Gasteiger partial charge in [-0.05, 0) is 0 Å². The summed E-state index contributed by atoms with van der Waals surface area (Å²) in [6, 6.07) is 0. The van der Waals surface area contributed by atoms with Crippen molar-refractivity contribution in [3.8, 4) is 0 Å². The number of nitrogens with zero attached hydrogens (tertiary/aromatic N) is 4. The topological polar surface area (TPSA) is 119 Å². The summed E-state index contributed by atoms with van der Waals surface area (Å²) in [5.41, 5.74) is 6.27. The van der Waals surface area contributed by atoms with Gasteiger partial charge in [-0.15, -0.1) is 0 Å². The van der Waals surface area contributed by atoms with Crippen LogP contribution < -0.4 is 5.73 Å². The van der Waals surface area contributed by atoms with Crippen molar-refractivity contribution < 1.29 is 14.9 Å². The normalized spacial score (nSPS) is 28.0. The molecular formula is C10H13N5O3. The van der Waals surface area contributed by atoms with Crippen LogP contribution in [0.25, 0.3) is 11.0 Å². The van der Waals surface area contributed by atoms with Crippen molar-refractivity contribution in [2.45, 2.75) is 24.9 Å². The largest absolute Gasteiger partial charge is 0.394 e. The average Bonchev–Trinajstić information content (AvgIpc) is 2.93. The Morgan fingerprint density at radius 2 is 2.33 bits per heavy atom. The zero-order chi connectivity index (χ0) is 12.7. The molecule has 3 rings (SSSR count). The maximum atomic E-state index is 9.70. The highest BCUT2D eigenvalue weighted by Gasteiger charge is 2.35. The van der Waals surface area contributed by atoms with Gasteiger partial charge in [0.1, 0.15) is 18.2 Å². The Kier molecular flexibility index (Phi) is 2.62. The quantitative estimate of drug-likeness (QED) is 0.629. The van der Waals surface area contributed by atoms with Gasteiger partial charge < -0.3 is 20.7 Å². The molecule has 0 spiro atoms. The smallest absolute Gasteiger partial charge is 0.165 e. The van der Waals surface area contributed by atoms with Crippen LogP contribution in [0.1, 0.15) is 12.6 Å². The summed E-state index contributed by atoms with van der Waals surface area (Å²) >= 11 is 0. The lowest BCUT2D eigenvalue weighted by Gasteiger charge is -2.12. The molecule has 8 nitrogen and oxygen atoms in total. The molecule has 0 aliphatic carbocycles. The molecule has 18 heavy (non-hydrogen) atoms. The summed E-state index contributed by atoms with van der Waals surface area (Å²) in [6.45, 7) is -0.228. The minimum atomic E-state index is -0.710. The summed E-state index contributed by atoms with van der Waals surface area (Å²) in [5.74, 6) is 0.350. The second-order valence-electron chi connectivity index (χ2n) is 4.20. The van der Waals surface area contributed by atoms with E-state index in [-0.39, 0.29) is 6.61 Å². The number of fused-ring (bicyclic) bond motifs is 1. The highest BCUT2D eigenvalue weighted by Crippen LogP contribution is 2.30. The Labute approximate surface area is 102 Å². The first-order chi connectivity index (χ1) is 8.70. The lowest BCUT2D eigenvalue weighted by Crippen LogP contribution is -2.24. The fraction of sp³-hybridized carbons (Fsp3) is 0.500. The van der Waals surface area contributed by atoms with E-state index in [4.69, 9.17) is 15.6 Å². The molecule has 1 aliphatic rings. The monoisotopic (exact) mass is 251 g/mol. The first-order valence-electron chi connectivity index (χ1n) is 5.58. The van der Waals surface area contributed by atoms with Crippen LogP contribution in [0.15, 0.2) is 12.5 Å². The molecule has 2 aromatic rings. The van der Waals surface area contributed by atoms with E-state index >= 15 is 0 Å². The van der Waals surface area contributed by atoms with Crippen LogP contribution in [0.5, 0.6) is 0 Å². The summed E-state index contributed by atoms with van der Waals surface area (Å²) < 4.78 is 7.06. The fourth-order valence-corrected chi connectivity index (χ4v) is 2.12. The second-order valence-corrected chi connectivity index (χ2v) is 4.20. The second kappa shape index (κ2) is 4.16. The van der Waals surface area contributed by atoms with Gasteiger partial charge in [0.05, 0.1) is 24.3 Å². The molecule has 3 unspecified atom stereocenters. The molecule has 0 radical (unpaired) electrons. The van der Waals surface area contributed by atoms with Crippen molar-refractivity contribution in [2.24, 2.45) is 0 Å². The maximum Gasteiger partial charge on any atom is 0.165 e. The molecule has 2 aromatic heterocycles. The molecule has 3 atom stereocenters. The predicted octanol–water partition coefficient (Wildman–Crippen LogP) is -0.951. The van der Waals surface area contributed by atoms with Gasteiger partial charge in [-0.2, -0.15) is 5.10 Å². The van der Waals surface area contributed by atoms with Crippen molar-refractivity contribution in [2.75, 3.05) is 12.3 Å². The number of hydrogen-bond acceptors (Lipinski definition) is 7. The molecule has 96 valence electrons. The SMILES string of the molecule is Nc1ncnc2c1cnn2C1CC(O)C(CO)O1. The van der Waals surface area contributed by atoms with Gasteiger partial charge in [-0.25, -0.2) is 14.6 Å². The van der Waals surface area contributed by atoms with Gasteiger partial charge in [0.25, 0.3) is 0 Å². The Morgan fingerprint density at radius 1 is 1.50 bits per heavy atom. The molecular weight excluding hydrogens is 238 g/mol. The molecule has 1 saturated heterocycles. The summed E-state index contributed by atoms with van der Waals surface area (Å²) in [7, 11) is 0. The number of rotatable bonds is 2. The van der Waals surface area contributed by atoms with E-state index in [9.17, 15) is 5.11 Å². The first-order valence-corrected chi connectivity index (χ1v) is 5.58. The van der Waals surface area contributed by atoms with Crippen LogP contribution in [-0.4, -0.2) is 48.8 Å². The number of ether oxygens (including phenoxy) is 1. The average molecular weight is 251 g/mol. The molecule has 8 heteroatoms. The van der Waals surface area contributed by atoms with Gasteiger partial charge in [0, 0.05) is 6.42 Å². The van der Waals surface area contributed by atoms with E-state index in [2.05, 4.69) is 15.1 Å². The van der Waals surface area contributed by atoms with E-state index in [0.717, 1.165) is 0 Å². The molecule has 0 bridgehead atoms. The molecule has 4 N–H and O–H groups in total. The van der Waals surface area contributed by atoms with Crippen LogP contribution in [0.2, 0.25) is 0 Å². The van der Waals surface area contributed by atoms with Crippen molar-refractivity contribution >= 4 is 16.9 Å². The zero-order valence-electron chi connectivity index (χ0n) is 9.47. The van der Waals surface area contributed by atoms with Crippen LogP contribution in [0, 0.1) is 0 Å². The molecule has 1 fully saturated rings. The lowest BCUT2D eigenvalue weighted by atomic mass is 10.2. The number of hydrogen-bond donors (Lipinski definition) is 3. The van der Waals surface area contributed by atoms with Crippen molar-refractivity contribution in [1.29, 1.82) is 0 Å². The van der Waals surface area contributed by atoms with Crippen LogP contribution >= 0.6 is 0 Å². The predicted molar refractivity (Wildman–Crippen MR) is 61.4 cm³/mol. The molecule has 0 amide bonds. The van der Waals surface area contributed by atoms with Gasteiger partial charge in [0.15, 0.2) is 11.9 Å². The highest BCUT2D eigenvalue weighted by molar-refractivity contribution is 5.84. The Balaban J connectivity index is 1.99. The maximum absolute atomic E-state index is 9.70. The van der Waals surface area contributed by atoms with Crippen LogP contribution in [0.3, 0.4) is 0 Å². The fourth-order valence-electron chi connectivity index (χ4n) is 2.12. The third kappa shape index (κ3) is 1.62. The highest BCUT2D eigenvalue weighted by atomic mass is 16.5. The molecule has 0 aromatic carbocycles. The number of nitrogen functional groups attached to an aromatic ring is 1. The van der Waals surface area contributed by atoms with Crippen LogP contribution in [0.4, 0.5) is 5.82 Å². The Bertz CT molecular complexity index is 572. The van der Waals surface area contributed by atoms with Crippen molar-refractivity contribution in [1.82, 2.24) is 19.7 Å². The van der Waals surface area contributed by atoms with Crippen LogP contribution in [-0.2, 0) is 4.74 Å². The van der Waals surface area contributed by atoms with E-state index < -0.39 is 18.4 Å². The summed E-state index contributed by atoms with van der Waals surface area (Å²) in [4.78, 5) is 7.98. The van der Waals surface area contributed by atoms with E-state index in [0.29, 0.717) is 23.3 Å². The van der Waals surface area contributed by atoms with E-state index in [1.54, 1.807) is 10.9 Å². The summed E-state index contributed by atoms with van der Waals surface area (Å²) in [5, 5.41) is 23.5. The number of nitrogens with two attached hydrogens (primary N) is 1. The number of aromatic nitrogens is 4. The Morgan fingerprint density at radius 3 is 3.06 bits per heavy atom. The van der Waals surface area contributed by atoms with Gasteiger partial charge in [0.2, 0.25) is 0 Å². The lowest BCUT2D eigenvalue weighted by molar-refractivity contribution is -0.0470. The van der Waals surface area contributed by atoms with E-state index in [1.165, 1.54) is 6.33 Å². The van der Waals surface area contributed by atoms with Gasteiger partial charge >= 0.3 is 0 Å². The third-order valence-electron chi connectivity index (χ3n) is 3.08. The molecule has 1 aliphatic heterocycles. The zero-order valence-corrected chi connectivity index (χ0v) is 9.47. The number of aliphatic hydroxyl groups is 2. The van der Waals surface area contributed by atoms with Gasteiger partial charge in [-0.1, -0.05) is 0 Å². The third-order valence-corrected chi connectivity index (χ3v) is 3.08. The number of aliphatic hydroxyl groups excluding tert-OH is 2. The van der Waals surface area contributed by atoms with Crippen molar-refractivity contribution in [3.05, 3.63) is 12.5 Å². The number of anilines is 1. The Hall–Kier alpha value is -1.77. The van der Waals surface area contributed by atoms with Crippen molar-refractivity contribution in [3.63, 3.8) is 0 Å². The minimum Gasteiger partial charge on any atom is -0.394 e. The summed E-state index contributed by atoms with van der Waals surface area (Å²) in [6.07, 6.45) is 1.51. The molecule has 3 heterocycles. The molecule has 0 saturated carbocycles. The first kappa shape index (κ1) is 11.3. The van der Waals surface area contributed by atoms with Gasteiger partial charge in [-0.3, -0.25) is 0 Å². The van der Waals surface area contributed by atoms with E-state index in [1.807, 2.05) is 0 Å².